The number of aryl methyl sites for hydroxylation is 3. The highest BCUT2D eigenvalue weighted by Crippen LogP contribution is 2.27. The van der Waals surface area contributed by atoms with Crippen LogP contribution in [-0.2, 0) is 17.9 Å². The average molecular weight is 345 g/mol. The largest absolute Gasteiger partial charge is 0.391 e. The lowest BCUT2D eigenvalue weighted by molar-refractivity contribution is -0.122. The Morgan fingerprint density at radius 3 is 2.92 bits per heavy atom. The number of rotatable bonds is 7. The monoisotopic (exact) mass is 345 g/mol. The number of nitrogens with zero attached hydrogens (tertiary/aromatic N) is 4. The molecule has 0 bridgehead atoms. The number of hydrogen-bond donors (Lipinski definition) is 2. The van der Waals surface area contributed by atoms with Gasteiger partial charge in [0.05, 0.1) is 17.8 Å². The first-order chi connectivity index (χ1) is 12.0. The highest BCUT2D eigenvalue weighted by Gasteiger charge is 2.34. The molecule has 7 heteroatoms. The Balaban J connectivity index is 1.41. The zero-order valence-electron chi connectivity index (χ0n) is 14.9. The number of amides is 1. The van der Waals surface area contributed by atoms with Crippen LogP contribution in [0.4, 0.5) is 0 Å². The molecule has 2 N–H and O–H groups in total. The van der Waals surface area contributed by atoms with Crippen molar-refractivity contribution in [2.45, 2.75) is 64.8 Å². The molecular formula is C18H27N5O2. The Kier molecular flexibility index (Phi) is 5.53. The summed E-state index contributed by atoms with van der Waals surface area (Å²) >= 11 is 0. The second-order valence-electron chi connectivity index (χ2n) is 7.06. The standard InChI is InChI=1S/C18H27N5O2/c1-13-9-14(2)23(21-13)8-3-5-18(25)20-16-10-15(11-17(16)24)12-22-7-4-6-19-22/h4,6-7,9,15-17,24H,3,5,8,10-12H2,1-2H3,(H,20,25)/t15?,16-,17-/m1/s1. The Hall–Kier alpha value is -2.15. The Morgan fingerprint density at radius 2 is 2.24 bits per heavy atom. The number of aliphatic hydroxyl groups is 1. The Morgan fingerprint density at radius 1 is 1.40 bits per heavy atom. The molecule has 1 unspecified atom stereocenters. The van der Waals surface area contributed by atoms with E-state index in [9.17, 15) is 9.90 Å². The molecule has 1 aliphatic rings. The molecule has 0 radical (unpaired) electrons. The lowest BCUT2D eigenvalue weighted by atomic mass is 10.1. The fourth-order valence-electron chi connectivity index (χ4n) is 3.67. The van der Waals surface area contributed by atoms with Gasteiger partial charge in [0.15, 0.2) is 0 Å². The van der Waals surface area contributed by atoms with E-state index in [1.165, 1.54) is 0 Å². The number of carbonyl (C=O) groups excluding carboxylic acids is 1. The summed E-state index contributed by atoms with van der Waals surface area (Å²) in [5.74, 6) is 0.347. The molecule has 1 saturated carbocycles. The predicted octanol–water partition coefficient (Wildman–Crippen LogP) is 1.43. The van der Waals surface area contributed by atoms with E-state index in [0.29, 0.717) is 18.8 Å². The fourth-order valence-corrected chi connectivity index (χ4v) is 3.67. The van der Waals surface area contributed by atoms with Gasteiger partial charge in [-0.1, -0.05) is 0 Å². The second kappa shape index (κ2) is 7.82. The van der Waals surface area contributed by atoms with Crippen LogP contribution in [0.25, 0.3) is 0 Å². The quantitative estimate of drug-likeness (QED) is 0.795. The van der Waals surface area contributed by atoms with E-state index >= 15 is 0 Å². The molecule has 3 atom stereocenters. The molecule has 0 saturated heterocycles. The van der Waals surface area contributed by atoms with Crippen molar-refractivity contribution in [1.82, 2.24) is 24.9 Å². The fraction of sp³-hybridized carbons (Fsp3) is 0.611. The van der Waals surface area contributed by atoms with E-state index in [1.807, 2.05) is 41.5 Å². The number of aliphatic hydroxyl groups excluding tert-OH is 1. The summed E-state index contributed by atoms with van der Waals surface area (Å²) in [7, 11) is 0. The highest BCUT2D eigenvalue weighted by atomic mass is 16.3. The summed E-state index contributed by atoms with van der Waals surface area (Å²) in [5, 5.41) is 21.8. The first-order valence-corrected chi connectivity index (χ1v) is 8.97. The molecule has 2 heterocycles. The van der Waals surface area contributed by atoms with E-state index in [-0.39, 0.29) is 11.9 Å². The zero-order valence-corrected chi connectivity index (χ0v) is 14.9. The van der Waals surface area contributed by atoms with Crippen molar-refractivity contribution >= 4 is 5.91 Å². The van der Waals surface area contributed by atoms with Gasteiger partial charge in [0.25, 0.3) is 0 Å². The third-order valence-electron chi connectivity index (χ3n) is 4.85. The predicted molar refractivity (Wildman–Crippen MR) is 93.8 cm³/mol. The minimum absolute atomic E-state index is 0.00493. The highest BCUT2D eigenvalue weighted by molar-refractivity contribution is 5.76. The Labute approximate surface area is 148 Å². The van der Waals surface area contributed by atoms with Gasteiger partial charge >= 0.3 is 0 Å². The van der Waals surface area contributed by atoms with E-state index in [0.717, 1.165) is 37.3 Å². The van der Waals surface area contributed by atoms with Crippen molar-refractivity contribution in [3.63, 3.8) is 0 Å². The van der Waals surface area contributed by atoms with E-state index in [2.05, 4.69) is 15.5 Å². The normalized spacial score (nSPS) is 23.1. The van der Waals surface area contributed by atoms with Crippen molar-refractivity contribution in [2.75, 3.05) is 0 Å². The van der Waals surface area contributed by atoms with E-state index in [4.69, 9.17) is 0 Å². The maximum Gasteiger partial charge on any atom is 0.220 e. The van der Waals surface area contributed by atoms with Crippen molar-refractivity contribution in [1.29, 1.82) is 0 Å². The SMILES string of the molecule is Cc1cc(C)n(CCCC(=O)N[C@@H]2CC(Cn3cccn3)C[C@H]2O)n1. The van der Waals surface area contributed by atoms with Crippen molar-refractivity contribution < 1.29 is 9.90 Å². The van der Waals surface area contributed by atoms with Crippen LogP contribution in [0.5, 0.6) is 0 Å². The van der Waals surface area contributed by atoms with Crippen LogP contribution < -0.4 is 5.32 Å². The molecule has 25 heavy (non-hydrogen) atoms. The van der Waals surface area contributed by atoms with Gasteiger partial charge in [-0.2, -0.15) is 10.2 Å². The minimum atomic E-state index is -0.472. The molecule has 0 aliphatic heterocycles. The summed E-state index contributed by atoms with van der Waals surface area (Å²) in [5.41, 5.74) is 2.12. The number of nitrogens with one attached hydrogen (secondary N) is 1. The van der Waals surface area contributed by atoms with E-state index in [1.54, 1.807) is 6.20 Å². The minimum Gasteiger partial charge on any atom is -0.391 e. The van der Waals surface area contributed by atoms with Gasteiger partial charge in [0, 0.05) is 37.6 Å². The molecule has 7 nitrogen and oxygen atoms in total. The maximum atomic E-state index is 12.2. The molecule has 0 aromatic carbocycles. The molecule has 3 rings (SSSR count). The summed E-state index contributed by atoms with van der Waals surface area (Å²) in [6, 6.07) is 3.78. The van der Waals surface area contributed by atoms with Crippen LogP contribution in [-0.4, -0.2) is 42.7 Å². The summed E-state index contributed by atoms with van der Waals surface area (Å²) in [6.07, 6.45) is 5.91. The average Bonchev–Trinajstić information content (AvgIpc) is 3.23. The molecule has 1 fully saturated rings. The lowest BCUT2D eigenvalue weighted by Crippen LogP contribution is -2.39. The van der Waals surface area contributed by atoms with Gasteiger partial charge in [0.1, 0.15) is 0 Å². The molecule has 136 valence electrons. The number of hydrogen-bond acceptors (Lipinski definition) is 4. The van der Waals surface area contributed by atoms with Gasteiger partial charge in [-0.05, 0) is 51.2 Å². The molecule has 1 aliphatic carbocycles. The zero-order chi connectivity index (χ0) is 17.8. The van der Waals surface area contributed by atoms with Gasteiger partial charge in [0.2, 0.25) is 5.91 Å². The van der Waals surface area contributed by atoms with Crippen molar-refractivity contribution in [2.24, 2.45) is 5.92 Å². The van der Waals surface area contributed by atoms with Gasteiger partial charge < -0.3 is 10.4 Å². The summed E-state index contributed by atoms with van der Waals surface area (Å²) < 4.78 is 3.82. The Bertz CT molecular complexity index is 694. The number of aromatic nitrogens is 4. The molecular weight excluding hydrogens is 318 g/mol. The van der Waals surface area contributed by atoms with Crippen LogP contribution in [0.1, 0.15) is 37.1 Å². The smallest absolute Gasteiger partial charge is 0.220 e. The first kappa shape index (κ1) is 17.7. The van der Waals surface area contributed by atoms with Gasteiger partial charge in [-0.25, -0.2) is 0 Å². The lowest BCUT2D eigenvalue weighted by Gasteiger charge is -2.16. The van der Waals surface area contributed by atoms with Crippen LogP contribution in [0.2, 0.25) is 0 Å². The van der Waals surface area contributed by atoms with Crippen LogP contribution in [0, 0.1) is 19.8 Å². The first-order valence-electron chi connectivity index (χ1n) is 8.97. The summed E-state index contributed by atoms with van der Waals surface area (Å²) in [6.45, 7) is 5.52. The number of carbonyl (C=O) groups is 1. The third-order valence-corrected chi connectivity index (χ3v) is 4.85. The third kappa shape index (κ3) is 4.69. The van der Waals surface area contributed by atoms with E-state index < -0.39 is 6.10 Å². The van der Waals surface area contributed by atoms with Gasteiger partial charge in [-0.3, -0.25) is 14.2 Å². The van der Waals surface area contributed by atoms with Crippen LogP contribution in [0.3, 0.4) is 0 Å². The van der Waals surface area contributed by atoms with Crippen molar-refractivity contribution in [3.05, 3.63) is 35.9 Å². The van der Waals surface area contributed by atoms with Crippen LogP contribution in [0.15, 0.2) is 24.5 Å². The topological polar surface area (TPSA) is 85.0 Å². The molecule has 2 aromatic rings. The van der Waals surface area contributed by atoms with Gasteiger partial charge in [-0.15, -0.1) is 0 Å². The molecule has 0 spiro atoms. The molecule has 1 amide bonds. The maximum absolute atomic E-state index is 12.2. The molecule has 2 aromatic heterocycles. The summed E-state index contributed by atoms with van der Waals surface area (Å²) in [4.78, 5) is 12.2. The second-order valence-corrected chi connectivity index (χ2v) is 7.06. The van der Waals surface area contributed by atoms with Crippen LogP contribution >= 0.6 is 0 Å². The van der Waals surface area contributed by atoms with Crippen molar-refractivity contribution in [3.8, 4) is 0 Å².